The van der Waals surface area contributed by atoms with E-state index >= 15 is 0 Å². The predicted molar refractivity (Wildman–Crippen MR) is 178 cm³/mol. The van der Waals surface area contributed by atoms with Crippen LogP contribution in [0.25, 0.3) is 0 Å². The lowest BCUT2D eigenvalue weighted by molar-refractivity contribution is -0.154. The topological polar surface area (TPSA) is 146 Å². The van der Waals surface area contributed by atoms with Gasteiger partial charge in [-0.15, -0.1) is 0 Å². The first-order chi connectivity index (χ1) is 22.3. The summed E-state index contributed by atoms with van der Waals surface area (Å²) in [5, 5.41) is 19.8. The molecule has 0 aliphatic heterocycles. The van der Waals surface area contributed by atoms with Gasteiger partial charge < -0.3 is 29.2 Å². The van der Waals surface area contributed by atoms with Crippen molar-refractivity contribution in [2.24, 2.45) is 0 Å². The van der Waals surface area contributed by atoms with Crippen LogP contribution in [-0.4, -0.2) is 72.7 Å². The van der Waals surface area contributed by atoms with Crippen LogP contribution in [0.1, 0.15) is 168 Å². The largest absolute Gasteiger partial charge is 0.463 e. The van der Waals surface area contributed by atoms with Crippen molar-refractivity contribution < 1.29 is 48.3 Å². The molecule has 0 heterocycles. The van der Waals surface area contributed by atoms with E-state index in [1.54, 1.807) is 0 Å². The van der Waals surface area contributed by atoms with Gasteiger partial charge in [-0.2, -0.15) is 0 Å². The minimum absolute atomic E-state index is 0.0654. The molecule has 0 aromatic heterocycles. The van der Waals surface area contributed by atoms with Crippen LogP contribution in [0.3, 0.4) is 0 Å². The second-order valence-corrected chi connectivity index (χ2v) is 12.4. The molecule has 2 N–H and O–H groups in total. The van der Waals surface area contributed by atoms with Gasteiger partial charge in [0.2, 0.25) is 0 Å². The van der Waals surface area contributed by atoms with Gasteiger partial charge in [0.25, 0.3) is 0 Å². The Kier molecular flexibility index (Phi) is 31.2. The smallest absolute Gasteiger partial charge is 0.305 e. The number of carbonyl (C=O) groups is 4. The maximum absolute atomic E-state index is 11.9. The average molecular weight is 659 g/mol. The highest BCUT2D eigenvalue weighted by Gasteiger charge is 2.14. The van der Waals surface area contributed by atoms with Crippen molar-refractivity contribution in [3.63, 3.8) is 0 Å². The fourth-order valence-corrected chi connectivity index (χ4v) is 4.84. The number of carbonyl (C=O) groups excluding carboxylic acids is 4. The van der Waals surface area contributed by atoms with Gasteiger partial charge in [0.15, 0.2) is 0 Å². The summed E-state index contributed by atoms with van der Waals surface area (Å²) >= 11 is 0. The number of rotatable bonds is 33. The summed E-state index contributed by atoms with van der Waals surface area (Å²) in [6.07, 6.45) is 20.2. The normalized spacial score (nSPS) is 12.3. The molecule has 0 saturated heterocycles. The number of aliphatic hydroxyl groups is 2. The van der Waals surface area contributed by atoms with Crippen molar-refractivity contribution >= 4 is 23.9 Å². The van der Waals surface area contributed by atoms with Crippen LogP contribution in [0.4, 0.5) is 0 Å². The fraction of sp³-hybridized carbons (Fsp3) is 0.889. The molecule has 2 atom stereocenters. The van der Waals surface area contributed by atoms with Gasteiger partial charge in [0.05, 0.1) is 0 Å². The standard InChI is InChI=1S/C36H66O10/c1-3-5-7-9-11-13-15-17-19-23-33(39)43-27-31(37)29-45-35(41)25-21-22-26-36(42)46-30-32(38)28-44-34(40)24-20-18-16-14-12-10-8-6-4-2/h31-32,37-38H,3-30H2,1-2H3. The Bertz CT molecular complexity index is 695. The Hall–Kier alpha value is -2.20. The summed E-state index contributed by atoms with van der Waals surface area (Å²) in [6.45, 7) is 3.43. The number of hydrogen-bond acceptors (Lipinski definition) is 10. The molecule has 0 bridgehead atoms. The third-order valence-corrected chi connectivity index (χ3v) is 7.73. The van der Waals surface area contributed by atoms with Crippen LogP contribution in [-0.2, 0) is 38.1 Å². The number of aliphatic hydroxyl groups excluding tert-OH is 2. The number of esters is 4. The van der Waals surface area contributed by atoms with Gasteiger partial charge in [-0.05, 0) is 25.7 Å². The SMILES string of the molecule is CCCCCCCCCCCC(=O)OCC(O)COC(=O)CCCCC(=O)OCC(O)COC(=O)CCCCCCCCCCC. The van der Waals surface area contributed by atoms with Crippen LogP contribution < -0.4 is 0 Å². The second kappa shape index (κ2) is 32.7. The Balaban J connectivity index is 3.66. The number of hydrogen-bond donors (Lipinski definition) is 2. The molecule has 0 aliphatic rings. The summed E-state index contributed by atoms with van der Waals surface area (Å²) < 4.78 is 20.2. The van der Waals surface area contributed by atoms with Crippen LogP contribution in [0, 0.1) is 0 Å². The van der Waals surface area contributed by atoms with Crippen molar-refractivity contribution in [2.45, 2.75) is 180 Å². The molecule has 0 aromatic rings. The molecule has 0 spiro atoms. The molecule has 10 heteroatoms. The van der Waals surface area contributed by atoms with Gasteiger partial charge in [0.1, 0.15) is 38.6 Å². The summed E-state index contributed by atoms with van der Waals surface area (Å²) in [6, 6.07) is 0. The molecular weight excluding hydrogens is 592 g/mol. The van der Waals surface area contributed by atoms with E-state index in [-0.39, 0.29) is 51.2 Å². The van der Waals surface area contributed by atoms with E-state index in [1.165, 1.54) is 77.0 Å². The first-order valence-electron chi connectivity index (χ1n) is 18.3. The average Bonchev–Trinajstić information content (AvgIpc) is 3.04. The van der Waals surface area contributed by atoms with Crippen molar-refractivity contribution in [1.29, 1.82) is 0 Å². The van der Waals surface area contributed by atoms with E-state index in [0.717, 1.165) is 38.5 Å². The van der Waals surface area contributed by atoms with E-state index in [0.29, 0.717) is 25.7 Å². The van der Waals surface area contributed by atoms with Crippen LogP contribution in [0.5, 0.6) is 0 Å². The molecule has 0 fully saturated rings. The van der Waals surface area contributed by atoms with Gasteiger partial charge in [-0.25, -0.2) is 0 Å². The Morgan fingerprint density at radius 1 is 0.370 bits per heavy atom. The summed E-state index contributed by atoms with van der Waals surface area (Å²) in [4.78, 5) is 47.5. The zero-order valence-electron chi connectivity index (χ0n) is 29.1. The molecule has 0 saturated carbocycles. The number of ether oxygens (including phenoxy) is 4. The van der Waals surface area contributed by atoms with E-state index in [1.807, 2.05) is 0 Å². The minimum atomic E-state index is -1.09. The maximum Gasteiger partial charge on any atom is 0.305 e. The molecule has 0 rings (SSSR count). The highest BCUT2D eigenvalue weighted by Crippen LogP contribution is 2.12. The monoisotopic (exact) mass is 658 g/mol. The zero-order valence-corrected chi connectivity index (χ0v) is 29.1. The molecule has 46 heavy (non-hydrogen) atoms. The van der Waals surface area contributed by atoms with Crippen molar-refractivity contribution in [2.75, 3.05) is 26.4 Å². The van der Waals surface area contributed by atoms with Crippen molar-refractivity contribution in [3.8, 4) is 0 Å². The first kappa shape index (κ1) is 43.8. The lowest BCUT2D eigenvalue weighted by atomic mass is 10.1. The van der Waals surface area contributed by atoms with Crippen LogP contribution >= 0.6 is 0 Å². The van der Waals surface area contributed by atoms with E-state index < -0.39 is 24.1 Å². The van der Waals surface area contributed by atoms with Crippen LogP contribution in [0.15, 0.2) is 0 Å². The van der Waals surface area contributed by atoms with E-state index in [9.17, 15) is 29.4 Å². The minimum Gasteiger partial charge on any atom is -0.463 e. The van der Waals surface area contributed by atoms with E-state index in [4.69, 9.17) is 18.9 Å². The molecule has 0 amide bonds. The van der Waals surface area contributed by atoms with E-state index in [2.05, 4.69) is 13.8 Å². The lowest BCUT2D eigenvalue weighted by Crippen LogP contribution is -2.25. The highest BCUT2D eigenvalue weighted by molar-refractivity contribution is 5.71. The van der Waals surface area contributed by atoms with Gasteiger partial charge in [-0.3, -0.25) is 19.2 Å². The van der Waals surface area contributed by atoms with Gasteiger partial charge >= 0.3 is 23.9 Å². The zero-order chi connectivity index (χ0) is 34.1. The molecular formula is C36H66O10. The highest BCUT2D eigenvalue weighted by atomic mass is 16.6. The summed E-state index contributed by atoms with van der Waals surface area (Å²) in [5.74, 6) is -1.77. The van der Waals surface area contributed by atoms with Gasteiger partial charge in [0, 0.05) is 25.7 Å². The number of unbranched alkanes of at least 4 members (excludes halogenated alkanes) is 17. The molecule has 270 valence electrons. The molecule has 0 aromatic carbocycles. The molecule has 10 nitrogen and oxygen atoms in total. The third-order valence-electron chi connectivity index (χ3n) is 7.73. The molecule has 0 aliphatic carbocycles. The lowest BCUT2D eigenvalue weighted by Gasteiger charge is -2.12. The molecule has 0 radical (unpaired) electrons. The van der Waals surface area contributed by atoms with Crippen molar-refractivity contribution in [3.05, 3.63) is 0 Å². The summed E-state index contributed by atoms with van der Waals surface area (Å²) in [7, 11) is 0. The van der Waals surface area contributed by atoms with Crippen molar-refractivity contribution in [1.82, 2.24) is 0 Å². The Labute approximate surface area is 278 Å². The van der Waals surface area contributed by atoms with Gasteiger partial charge in [-0.1, -0.05) is 117 Å². The fourth-order valence-electron chi connectivity index (χ4n) is 4.84. The Morgan fingerprint density at radius 3 is 0.804 bits per heavy atom. The Morgan fingerprint density at radius 2 is 0.565 bits per heavy atom. The summed E-state index contributed by atoms with van der Waals surface area (Å²) in [5.41, 5.74) is 0. The molecule has 2 unspecified atom stereocenters. The quantitative estimate of drug-likeness (QED) is 0.0419. The predicted octanol–water partition coefficient (Wildman–Crippen LogP) is 7.28. The first-order valence-corrected chi connectivity index (χ1v) is 18.3. The third kappa shape index (κ3) is 31.8. The van der Waals surface area contributed by atoms with Crippen LogP contribution in [0.2, 0.25) is 0 Å². The second-order valence-electron chi connectivity index (χ2n) is 12.4. The maximum atomic E-state index is 11.9.